The van der Waals surface area contributed by atoms with E-state index < -0.39 is 11.9 Å². The van der Waals surface area contributed by atoms with E-state index in [1.165, 1.54) is 12.1 Å². The molecule has 30 heavy (non-hydrogen) atoms. The summed E-state index contributed by atoms with van der Waals surface area (Å²) in [6.07, 6.45) is 0. The number of hydrogen-bond donors (Lipinski definition) is 4. The van der Waals surface area contributed by atoms with Crippen molar-refractivity contribution < 1.29 is 90.2 Å². The van der Waals surface area contributed by atoms with Gasteiger partial charge in [0.25, 0.3) is 0 Å². The Kier molecular flexibility index (Phi) is 12.6. The third-order valence-electron chi connectivity index (χ3n) is 3.28. The third kappa shape index (κ3) is 7.15. The third-order valence-corrected chi connectivity index (χ3v) is 3.65. The predicted octanol–water partition coefficient (Wildman–Crippen LogP) is 1.14. The van der Waals surface area contributed by atoms with E-state index in [4.69, 9.17) is 47.0 Å². The number of aromatic amines is 2. The van der Waals surface area contributed by atoms with Gasteiger partial charge in [0.05, 0.1) is 17.6 Å². The topological polar surface area (TPSA) is 172 Å². The Hall–Kier alpha value is -1.28. The summed E-state index contributed by atoms with van der Waals surface area (Å²) < 4.78 is 14.9. The van der Waals surface area contributed by atoms with Crippen LogP contribution < -0.4 is 51.4 Å². The molecule has 0 saturated carbocycles. The number of aromatic carboxylic acids is 1. The zero-order valence-corrected chi connectivity index (χ0v) is 20.8. The van der Waals surface area contributed by atoms with E-state index in [1.807, 2.05) is 0 Å². The first-order chi connectivity index (χ1) is 13.4. The minimum Gasteiger partial charge on any atom is -0.870 e. The fourth-order valence-corrected chi connectivity index (χ4v) is 2.60. The Morgan fingerprint density at radius 2 is 1.40 bits per heavy atom. The summed E-state index contributed by atoms with van der Waals surface area (Å²) in [5.74, 6) is -1.41. The smallest absolute Gasteiger partial charge is 0.870 e. The molecule has 10 nitrogen and oxygen atoms in total. The molecule has 13 heteroatoms. The number of carboxylic acid groups (broad SMARTS) is 1. The van der Waals surface area contributed by atoms with Gasteiger partial charge in [-0.15, -0.1) is 0 Å². The summed E-state index contributed by atoms with van der Waals surface area (Å²) in [5.41, 5.74) is 2.77. The summed E-state index contributed by atoms with van der Waals surface area (Å²) >= 11 is 11.1. The van der Waals surface area contributed by atoms with Gasteiger partial charge in [-0.1, -0.05) is 0 Å². The van der Waals surface area contributed by atoms with E-state index in [9.17, 15) is 9.59 Å². The van der Waals surface area contributed by atoms with Crippen molar-refractivity contribution >= 4 is 57.3 Å². The predicted molar refractivity (Wildman–Crippen MR) is 104 cm³/mol. The molecule has 5 N–H and O–H groups in total. The minimum absolute atomic E-state index is 0. The van der Waals surface area contributed by atoms with Crippen molar-refractivity contribution in [2.24, 2.45) is 0 Å². The van der Waals surface area contributed by atoms with Gasteiger partial charge in [-0.05, 0) is 30.1 Å². The van der Waals surface area contributed by atoms with Gasteiger partial charge in [0.1, 0.15) is 11.4 Å². The average Bonchev–Trinajstić information content (AvgIpc) is 3.36. The number of esters is 1. The van der Waals surface area contributed by atoms with Crippen LogP contribution in [0.3, 0.4) is 0 Å². The van der Waals surface area contributed by atoms with Crippen molar-refractivity contribution in [1.82, 2.24) is 9.97 Å². The second-order valence-electron chi connectivity index (χ2n) is 5.05. The van der Waals surface area contributed by atoms with Gasteiger partial charge in [-0.25, -0.2) is 9.59 Å². The van der Waals surface area contributed by atoms with E-state index in [0.29, 0.717) is 39.7 Å². The number of fused-ring (bicyclic) bond motifs is 2. The van der Waals surface area contributed by atoms with Crippen LogP contribution in [0.25, 0.3) is 22.2 Å². The quantitative estimate of drug-likeness (QED) is 0.246. The fraction of sp³-hybridized carbons (Fsp3) is 0.176. The molecule has 0 amide bonds. The molecule has 0 bridgehead atoms. The summed E-state index contributed by atoms with van der Waals surface area (Å²) in [6, 6.07) is 6.10. The first kappa shape index (κ1) is 28.7. The molecule has 0 aromatic carbocycles. The standard InChI is InChI=1S/C9H8ClNO3.C7H4ClNO3.CH4O.K.H2O/c1-2-13-9(12)6-3-7-5(11-6)4-8(10)14-7;8-6-2-3-5(12-6)1-4(9-3)7(10)11;1-2;;/h3-4,11H,2H2,1H3;1-2,9H,(H,10,11);2H,1H3;;1H2/q;;;+1;/p-1. The Labute approximate surface area is 222 Å². The van der Waals surface area contributed by atoms with Crippen LogP contribution >= 0.6 is 23.2 Å². The molecule has 0 radical (unpaired) electrons. The minimum atomic E-state index is -1.02. The molecular weight excluding hydrogens is 470 g/mol. The van der Waals surface area contributed by atoms with Gasteiger partial charge in [-0.3, -0.25) is 0 Å². The molecule has 4 aromatic heterocycles. The summed E-state index contributed by atoms with van der Waals surface area (Å²) in [7, 11) is 1.00. The number of aliphatic hydroxyl groups is 1. The molecular formula is C17H17Cl2KN2O8. The van der Waals surface area contributed by atoms with Crippen molar-refractivity contribution in [1.29, 1.82) is 0 Å². The Balaban J connectivity index is 0.000000492. The van der Waals surface area contributed by atoms with Crippen molar-refractivity contribution in [2.45, 2.75) is 6.92 Å². The maximum Gasteiger partial charge on any atom is 1.00 e. The zero-order chi connectivity index (χ0) is 20.8. The van der Waals surface area contributed by atoms with E-state index in [0.717, 1.165) is 7.11 Å². The van der Waals surface area contributed by atoms with Crippen LogP contribution in [-0.4, -0.2) is 51.3 Å². The molecule has 0 spiro atoms. The number of nitrogens with one attached hydrogen (secondary N) is 2. The number of aromatic nitrogens is 2. The second kappa shape index (κ2) is 13.2. The molecule has 4 heterocycles. The average molecular weight is 487 g/mol. The number of H-pyrrole nitrogens is 2. The monoisotopic (exact) mass is 486 g/mol. The molecule has 0 aliphatic heterocycles. The number of rotatable bonds is 3. The molecule has 0 saturated heterocycles. The van der Waals surface area contributed by atoms with Crippen molar-refractivity contribution in [3.05, 3.63) is 46.1 Å². The molecule has 0 aliphatic rings. The molecule has 0 unspecified atom stereocenters. The Morgan fingerprint density at radius 1 is 0.967 bits per heavy atom. The first-order valence-corrected chi connectivity index (χ1v) is 8.54. The van der Waals surface area contributed by atoms with Gasteiger partial charge < -0.3 is 39.2 Å². The number of ether oxygens (including phenoxy) is 1. The summed E-state index contributed by atoms with van der Waals surface area (Å²) in [5, 5.41) is 16.1. The molecule has 158 valence electrons. The van der Waals surface area contributed by atoms with Crippen LogP contribution in [0.15, 0.2) is 33.1 Å². The van der Waals surface area contributed by atoms with Crippen molar-refractivity contribution in [3.8, 4) is 0 Å². The number of carbonyl (C=O) groups excluding carboxylic acids is 1. The summed E-state index contributed by atoms with van der Waals surface area (Å²) in [4.78, 5) is 27.2. The maximum atomic E-state index is 11.3. The van der Waals surface area contributed by atoms with Crippen LogP contribution in [-0.2, 0) is 4.74 Å². The van der Waals surface area contributed by atoms with Gasteiger partial charge in [0.2, 0.25) is 0 Å². The molecule has 0 aliphatic carbocycles. The van der Waals surface area contributed by atoms with Crippen LogP contribution in [0.1, 0.15) is 27.9 Å². The Bertz CT molecular complexity index is 1040. The normalized spacial score (nSPS) is 9.50. The number of carbonyl (C=O) groups is 2. The molecule has 4 rings (SSSR count). The van der Waals surface area contributed by atoms with Crippen LogP contribution in [0.4, 0.5) is 0 Å². The number of furan rings is 2. The summed E-state index contributed by atoms with van der Waals surface area (Å²) in [6.45, 7) is 2.10. The van der Waals surface area contributed by atoms with Crippen molar-refractivity contribution in [2.75, 3.05) is 13.7 Å². The first-order valence-electron chi connectivity index (χ1n) is 7.78. The number of carboxylic acids is 1. The number of aliphatic hydroxyl groups excluding tert-OH is 1. The van der Waals surface area contributed by atoms with Crippen LogP contribution in [0, 0.1) is 0 Å². The van der Waals surface area contributed by atoms with E-state index in [2.05, 4.69) is 9.97 Å². The molecule has 0 atom stereocenters. The van der Waals surface area contributed by atoms with E-state index in [1.54, 1.807) is 19.1 Å². The zero-order valence-electron chi connectivity index (χ0n) is 16.2. The van der Waals surface area contributed by atoms with Gasteiger partial charge in [0, 0.05) is 31.4 Å². The van der Waals surface area contributed by atoms with E-state index >= 15 is 0 Å². The van der Waals surface area contributed by atoms with Gasteiger partial charge in [0.15, 0.2) is 21.6 Å². The van der Waals surface area contributed by atoms with Crippen molar-refractivity contribution in [3.63, 3.8) is 0 Å². The fourth-order valence-electron chi connectivity index (χ4n) is 2.22. The molecule has 4 aromatic rings. The van der Waals surface area contributed by atoms with Gasteiger partial charge in [-0.2, -0.15) is 0 Å². The number of halogens is 2. The number of hydrogen-bond acceptors (Lipinski definition) is 7. The Morgan fingerprint density at radius 3 is 1.80 bits per heavy atom. The SMILES string of the molecule is CCOC(=O)c1cc2oc(Cl)cc2[nH]1.CO.O=C(O)c1cc2oc(Cl)cc2[nH]1.[K+].[OH-]. The largest absolute Gasteiger partial charge is 1.00 e. The van der Waals surface area contributed by atoms with Crippen LogP contribution in [0.5, 0.6) is 0 Å². The van der Waals surface area contributed by atoms with Gasteiger partial charge >= 0.3 is 63.3 Å². The molecule has 0 fully saturated rings. The van der Waals surface area contributed by atoms with Crippen LogP contribution in [0.2, 0.25) is 10.4 Å². The maximum absolute atomic E-state index is 11.3. The van der Waals surface area contributed by atoms with E-state index in [-0.39, 0.29) is 67.8 Å². The second-order valence-corrected chi connectivity index (χ2v) is 5.79.